The Bertz CT molecular complexity index is 837. The van der Waals surface area contributed by atoms with Gasteiger partial charge in [0, 0.05) is 24.4 Å². The average molecular weight is 469 g/mol. The van der Waals surface area contributed by atoms with E-state index in [2.05, 4.69) is 24.5 Å². The summed E-state index contributed by atoms with van der Waals surface area (Å²) < 4.78 is 0. The van der Waals surface area contributed by atoms with Crippen LogP contribution in [0.1, 0.15) is 84.1 Å². The number of amides is 2. The van der Waals surface area contributed by atoms with Crippen LogP contribution in [-0.2, 0) is 16.1 Å². The number of hydrogen-bond donors (Lipinski definition) is 3. The van der Waals surface area contributed by atoms with Crippen LogP contribution in [0.3, 0.4) is 0 Å². The van der Waals surface area contributed by atoms with E-state index in [0.717, 1.165) is 56.9 Å². The van der Waals surface area contributed by atoms with E-state index in [4.69, 9.17) is 0 Å². The fraction of sp³-hybridized carbons (Fsp3) is 0.724. The lowest BCUT2D eigenvalue weighted by Crippen LogP contribution is -2.59. The zero-order chi connectivity index (χ0) is 24.3. The standard InChI is InChI=1S/C29H44N2O3/c1-19(27(33)30-18-21-10-6-4-7-11-21)23-14-16-29(3)17-15-24(20(2)25(29)26(23)32)31-28(34)22-12-8-5-9-13-22/h4,6-7,10-11,19-20,22-26,32H,5,8-9,12-18H2,1-3H3,(H,30,33)(H,31,34)/t19-,20-,23+,24-,25+,26-,29+/m0/s1. The number of benzene rings is 1. The molecule has 0 bridgehead atoms. The quantitative estimate of drug-likeness (QED) is 0.560. The minimum atomic E-state index is -0.527. The minimum absolute atomic E-state index is 0.0159. The number of fused-ring (bicyclic) bond motifs is 1. The molecule has 5 heteroatoms. The van der Waals surface area contributed by atoms with Gasteiger partial charge < -0.3 is 15.7 Å². The Balaban J connectivity index is 1.39. The van der Waals surface area contributed by atoms with Crippen LogP contribution in [-0.4, -0.2) is 29.1 Å². The molecule has 5 nitrogen and oxygen atoms in total. The molecule has 0 saturated heterocycles. The summed E-state index contributed by atoms with van der Waals surface area (Å²) in [7, 11) is 0. The molecule has 3 fully saturated rings. The number of rotatable bonds is 6. The molecule has 0 heterocycles. The van der Waals surface area contributed by atoms with Gasteiger partial charge in [0.1, 0.15) is 0 Å². The van der Waals surface area contributed by atoms with Crippen LogP contribution in [0.5, 0.6) is 0 Å². The average Bonchev–Trinajstić information content (AvgIpc) is 2.85. The molecular formula is C29H44N2O3. The summed E-state index contributed by atoms with van der Waals surface area (Å²) in [6.07, 6.45) is 8.96. The summed E-state index contributed by atoms with van der Waals surface area (Å²) in [6, 6.07) is 10.1. The summed E-state index contributed by atoms with van der Waals surface area (Å²) in [5.74, 6) is 0.394. The first-order chi connectivity index (χ1) is 16.3. The molecule has 3 aliphatic rings. The van der Waals surface area contributed by atoms with Gasteiger partial charge in [-0.05, 0) is 67.3 Å². The Morgan fingerprint density at radius 2 is 1.74 bits per heavy atom. The molecule has 2 amide bonds. The van der Waals surface area contributed by atoms with E-state index < -0.39 is 6.10 Å². The normalized spacial score (nSPS) is 35.1. The number of carbonyl (C=O) groups excluding carboxylic acids is 2. The predicted octanol–water partition coefficient (Wildman–Crippen LogP) is 4.83. The lowest BCUT2D eigenvalue weighted by atomic mass is 9.51. The van der Waals surface area contributed by atoms with Gasteiger partial charge in [0.2, 0.25) is 11.8 Å². The number of aliphatic hydroxyl groups is 1. The van der Waals surface area contributed by atoms with E-state index in [1.807, 2.05) is 37.3 Å². The van der Waals surface area contributed by atoms with Crippen molar-refractivity contribution in [1.82, 2.24) is 10.6 Å². The van der Waals surface area contributed by atoms with Gasteiger partial charge in [-0.2, -0.15) is 0 Å². The maximum Gasteiger partial charge on any atom is 0.223 e. The molecule has 0 unspecified atom stereocenters. The van der Waals surface area contributed by atoms with Crippen LogP contribution in [0.2, 0.25) is 0 Å². The van der Waals surface area contributed by atoms with Gasteiger partial charge in [0.25, 0.3) is 0 Å². The summed E-state index contributed by atoms with van der Waals surface area (Å²) in [6.45, 7) is 7.00. The highest BCUT2D eigenvalue weighted by atomic mass is 16.3. The van der Waals surface area contributed by atoms with E-state index in [9.17, 15) is 14.7 Å². The highest BCUT2D eigenvalue weighted by Gasteiger charge is 2.54. The van der Waals surface area contributed by atoms with Gasteiger partial charge in [-0.25, -0.2) is 0 Å². The van der Waals surface area contributed by atoms with Crippen molar-refractivity contribution in [3.63, 3.8) is 0 Å². The van der Waals surface area contributed by atoms with E-state index in [0.29, 0.717) is 6.54 Å². The zero-order valence-electron chi connectivity index (χ0n) is 21.3. The van der Waals surface area contributed by atoms with Crippen LogP contribution in [0.4, 0.5) is 0 Å². The second-order valence-corrected chi connectivity index (χ2v) is 11.7. The third kappa shape index (κ3) is 5.35. The third-order valence-corrected chi connectivity index (χ3v) is 9.56. The molecule has 188 valence electrons. The van der Waals surface area contributed by atoms with Crippen molar-refractivity contribution in [2.75, 3.05) is 0 Å². The monoisotopic (exact) mass is 468 g/mol. The van der Waals surface area contributed by atoms with Gasteiger partial charge in [0.15, 0.2) is 0 Å². The molecule has 7 atom stereocenters. The van der Waals surface area contributed by atoms with Crippen molar-refractivity contribution >= 4 is 11.8 Å². The largest absolute Gasteiger partial charge is 0.392 e. The molecule has 4 rings (SSSR count). The summed E-state index contributed by atoms with van der Waals surface area (Å²) in [4.78, 5) is 25.9. The topological polar surface area (TPSA) is 78.4 Å². The molecular weight excluding hydrogens is 424 g/mol. The van der Waals surface area contributed by atoms with Crippen LogP contribution in [0.25, 0.3) is 0 Å². The molecule has 3 aliphatic carbocycles. The second-order valence-electron chi connectivity index (χ2n) is 11.7. The van der Waals surface area contributed by atoms with E-state index in [1.165, 1.54) is 6.42 Å². The molecule has 0 aromatic heterocycles. The Morgan fingerprint density at radius 3 is 2.44 bits per heavy atom. The zero-order valence-corrected chi connectivity index (χ0v) is 21.3. The van der Waals surface area contributed by atoms with Crippen LogP contribution >= 0.6 is 0 Å². The van der Waals surface area contributed by atoms with Crippen LogP contribution in [0, 0.1) is 35.0 Å². The summed E-state index contributed by atoms with van der Waals surface area (Å²) >= 11 is 0. The molecule has 3 N–H and O–H groups in total. The lowest BCUT2D eigenvalue weighted by Gasteiger charge is -2.56. The SMILES string of the molecule is C[C@@H]1[C@@H]2[C@@H](O)[C@@H]([C@H](C)C(=O)NCc3ccccc3)CC[C@]2(C)CC[C@@H]1NC(=O)C1CCCCC1. The van der Waals surface area contributed by atoms with Gasteiger partial charge >= 0.3 is 0 Å². The molecule has 1 aromatic carbocycles. The van der Waals surface area contributed by atoms with Crippen molar-refractivity contribution in [3.05, 3.63) is 35.9 Å². The first-order valence-corrected chi connectivity index (χ1v) is 13.6. The molecule has 0 spiro atoms. The first kappa shape index (κ1) is 25.2. The maximum absolute atomic E-state index is 13.0. The summed E-state index contributed by atoms with van der Waals surface area (Å²) in [5, 5.41) is 18.1. The van der Waals surface area contributed by atoms with Crippen molar-refractivity contribution in [2.45, 2.75) is 97.2 Å². The maximum atomic E-state index is 13.0. The van der Waals surface area contributed by atoms with Gasteiger partial charge in [-0.3, -0.25) is 9.59 Å². The van der Waals surface area contributed by atoms with Gasteiger partial charge in [-0.1, -0.05) is 70.4 Å². The second kappa shape index (κ2) is 10.8. The Morgan fingerprint density at radius 1 is 1.06 bits per heavy atom. The van der Waals surface area contributed by atoms with Crippen LogP contribution in [0.15, 0.2) is 30.3 Å². The molecule has 0 aliphatic heterocycles. The van der Waals surface area contributed by atoms with Crippen LogP contribution < -0.4 is 10.6 Å². The van der Waals surface area contributed by atoms with Crippen molar-refractivity contribution in [1.29, 1.82) is 0 Å². The van der Waals surface area contributed by atoms with E-state index >= 15 is 0 Å². The van der Waals surface area contributed by atoms with E-state index in [1.54, 1.807) is 0 Å². The van der Waals surface area contributed by atoms with Gasteiger partial charge in [0.05, 0.1) is 6.10 Å². The minimum Gasteiger partial charge on any atom is -0.392 e. The number of nitrogens with one attached hydrogen (secondary N) is 2. The van der Waals surface area contributed by atoms with E-state index in [-0.39, 0.29) is 52.9 Å². The third-order valence-electron chi connectivity index (χ3n) is 9.56. The Kier molecular flexibility index (Phi) is 8.01. The molecule has 0 radical (unpaired) electrons. The summed E-state index contributed by atoms with van der Waals surface area (Å²) in [5.41, 5.74) is 1.15. The number of hydrogen-bond acceptors (Lipinski definition) is 3. The van der Waals surface area contributed by atoms with Crippen molar-refractivity contribution < 1.29 is 14.7 Å². The highest BCUT2D eigenvalue weighted by molar-refractivity contribution is 5.79. The smallest absolute Gasteiger partial charge is 0.223 e. The fourth-order valence-electron chi connectivity index (χ4n) is 7.30. The Hall–Kier alpha value is -1.88. The molecule has 3 saturated carbocycles. The highest BCUT2D eigenvalue weighted by Crippen LogP contribution is 2.55. The lowest BCUT2D eigenvalue weighted by molar-refractivity contribution is -0.144. The van der Waals surface area contributed by atoms with Crippen molar-refractivity contribution in [2.24, 2.45) is 35.0 Å². The van der Waals surface area contributed by atoms with Crippen molar-refractivity contribution in [3.8, 4) is 0 Å². The first-order valence-electron chi connectivity index (χ1n) is 13.6. The number of carbonyl (C=O) groups is 2. The van der Waals surface area contributed by atoms with Gasteiger partial charge in [-0.15, -0.1) is 0 Å². The molecule has 1 aromatic rings. The predicted molar refractivity (Wildman–Crippen MR) is 135 cm³/mol. The number of aliphatic hydroxyl groups excluding tert-OH is 1. The molecule has 34 heavy (non-hydrogen) atoms. The fourth-order valence-corrected chi connectivity index (χ4v) is 7.30. The Labute approximate surface area is 205 Å².